The van der Waals surface area contributed by atoms with Gasteiger partial charge in [0.1, 0.15) is 18.3 Å². The SMILES string of the molecule is Cc1cccc(CN2CN(C[C@H]3CCCO3)C(=O)c3c(O)c(=O)c(C(=O)CCc4ccc(F)cc4F)cn32)n1. The van der Waals surface area contributed by atoms with Crippen LogP contribution in [0.15, 0.2) is 47.4 Å². The molecule has 2 aliphatic rings. The minimum absolute atomic E-state index is 0.0715. The van der Waals surface area contributed by atoms with Gasteiger partial charge in [0.05, 0.1) is 23.9 Å². The number of carbonyl (C=O) groups excluding carboxylic acids is 2. The molecule has 0 aliphatic carbocycles. The molecule has 11 heteroatoms. The monoisotopic (exact) mass is 538 g/mol. The van der Waals surface area contributed by atoms with Crippen LogP contribution in [0.4, 0.5) is 8.78 Å². The molecular weight excluding hydrogens is 510 g/mol. The molecule has 9 nitrogen and oxygen atoms in total. The lowest BCUT2D eigenvalue weighted by molar-refractivity contribution is 0.0455. The van der Waals surface area contributed by atoms with Crippen LogP contribution in [-0.2, 0) is 17.7 Å². The Balaban J connectivity index is 1.48. The lowest BCUT2D eigenvalue weighted by Gasteiger charge is -2.40. The lowest BCUT2D eigenvalue weighted by Crippen LogP contribution is -2.55. The first-order chi connectivity index (χ1) is 18.7. The van der Waals surface area contributed by atoms with E-state index in [1.165, 1.54) is 21.8 Å². The topological polar surface area (TPSA) is 105 Å². The number of hydrogen-bond acceptors (Lipinski definition) is 7. The molecule has 1 N–H and O–H groups in total. The van der Waals surface area contributed by atoms with Crippen LogP contribution >= 0.6 is 0 Å². The van der Waals surface area contributed by atoms with Gasteiger partial charge in [-0.25, -0.2) is 8.78 Å². The molecule has 0 spiro atoms. The summed E-state index contributed by atoms with van der Waals surface area (Å²) in [5.41, 5.74) is 0.0409. The number of Topliss-reactive ketones (excluding diaryl/α,β-unsaturated/α-hetero) is 1. The van der Waals surface area contributed by atoms with Crippen LogP contribution in [0, 0.1) is 18.6 Å². The third kappa shape index (κ3) is 5.53. The van der Waals surface area contributed by atoms with Gasteiger partial charge in [0.15, 0.2) is 17.2 Å². The number of pyridine rings is 2. The number of benzene rings is 1. The third-order valence-corrected chi connectivity index (χ3v) is 6.97. The second-order valence-corrected chi connectivity index (χ2v) is 9.81. The van der Waals surface area contributed by atoms with Gasteiger partial charge in [0, 0.05) is 37.5 Å². The normalized spacial score (nSPS) is 17.0. The average molecular weight is 539 g/mol. The van der Waals surface area contributed by atoms with Crippen LogP contribution in [-0.4, -0.2) is 57.3 Å². The predicted octanol–water partition coefficient (Wildman–Crippen LogP) is 3.08. The van der Waals surface area contributed by atoms with Gasteiger partial charge in [-0.05, 0) is 49.9 Å². The number of hydrogen-bond donors (Lipinski definition) is 1. The molecule has 2 aliphatic heterocycles. The van der Waals surface area contributed by atoms with Crippen molar-refractivity contribution < 1.29 is 28.2 Å². The average Bonchev–Trinajstić information content (AvgIpc) is 3.41. The summed E-state index contributed by atoms with van der Waals surface area (Å²) in [6, 6.07) is 8.58. The number of ether oxygens (including phenoxy) is 1. The highest BCUT2D eigenvalue weighted by molar-refractivity contribution is 6.00. The fourth-order valence-electron chi connectivity index (χ4n) is 4.97. The van der Waals surface area contributed by atoms with Crippen molar-refractivity contribution in [3.63, 3.8) is 0 Å². The van der Waals surface area contributed by atoms with Gasteiger partial charge in [-0.2, -0.15) is 0 Å². The summed E-state index contributed by atoms with van der Waals surface area (Å²) in [5, 5.41) is 12.6. The molecule has 0 bridgehead atoms. The number of carbonyl (C=O) groups is 2. The van der Waals surface area contributed by atoms with Crippen molar-refractivity contribution in [2.75, 3.05) is 24.8 Å². The van der Waals surface area contributed by atoms with Gasteiger partial charge >= 0.3 is 0 Å². The number of rotatable bonds is 8. The van der Waals surface area contributed by atoms with Crippen molar-refractivity contribution in [3.05, 3.63) is 92.7 Å². The summed E-state index contributed by atoms with van der Waals surface area (Å²) in [6.45, 7) is 3.08. The number of aromatic nitrogens is 2. The van der Waals surface area contributed by atoms with Crippen molar-refractivity contribution in [2.45, 2.75) is 45.3 Å². The number of amides is 1. The molecule has 0 saturated carbocycles. The number of aromatic hydroxyl groups is 1. The summed E-state index contributed by atoms with van der Waals surface area (Å²) >= 11 is 0. The quantitative estimate of drug-likeness (QED) is 0.440. The highest BCUT2D eigenvalue weighted by atomic mass is 19.1. The van der Waals surface area contributed by atoms with E-state index in [4.69, 9.17) is 4.74 Å². The summed E-state index contributed by atoms with van der Waals surface area (Å²) in [4.78, 5) is 45.6. The number of nitrogens with zero attached hydrogens (tertiary/aromatic N) is 4. The van der Waals surface area contributed by atoms with Gasteiger partial charge in [-0.1, -0.05) is 12.1 Å². The molecule has 1 aromatic carbocycles. The molecular formula is C28H28F2N4O5. The molecule has 5 rings (SSSR count). The number of fused-ring (bicyclic) bond motifs is 1. The van der Waals surface area contributed by atoms with Gasteiger partial charge in [-0.3, -0.25) is 29.1 Å². The summed E-state index contributed by atoms with van der Waals surface area (Å²) < 4.78 is 34.3. The van der Waals surface area contributed by atoms with Crippen molar-refractivity contribution in [1.29, 1.82) is 0 Å². The highest BCUT2D eigenvalue weighted by Crippen LogP contribution is 2.25. The number of ketones is 1. The van der Waals surface area contributed by atoms with Crippen LogP contribution in [0.2, 0.25) is 0 Å². The number of halogens is 2. The molecule has 4 heterocycles. The van der Waals surface area contributed by atoms with E-state index in [0.717, 1.165) is 30.7 Å². The van der Waals surface area contributed by atoms with Crippen LogP contribution in [0.25, 0.3) is 0 Å². The molecule has 1 saturated heterocycles. The Hall–Kier alpha value is -4.12. The van der Waals surface area contributed by atoms with Crippen molar-refractivity contribution in [1.82, 2.24) is 14.6 Å². The molecule has 204 valence electrons. The Kier molecular flexibility index (Phi) is 7.42. The Morgan fingerprint density at radius 3 is 2.74 bits per heavy atom. The smallest absolute Gasteiger partial charge is 0.277 e. The second-order valence-electron chi connectivity index (χ2n) is 9.81. The van der Waals surface area contributed by atoms with Crippen LogP contribution in [0.3, 0.4) is 0 Å². The largest absolute Gasteiger partial charge is 0.502 e. The standard InChI is InChI=1S/C28H28F2N4O5/c1-17-4-2-5-20(31-17)13-33-16-32(14-21-6-3-11-39-21)28(38)25-27(37)26(36)22(15-34(25)33)24(35)10-8-18-7-9-19(29)12-23(18)30/h2,4-5,7,9,12,15,21,37H,3,6,8,10-11,13-14,16H2,1H3/t21-/m1/s1. The minimum atomic E-state index is -0.980. The Morgan fingerprint density at radius 2 is 2.03 bits per heavy atom. The zero-order valence-electron chi connectivity index (χ0n) is 21.4. The van der Waals surface area contributed by atoms with E-state index in [2.05, 4.69) is 4.98 Å². The maximum absolute atomic E-state index is 14.1. The van der Waals surface area contributed by atoms with E-state index < -0.39 is 34.5 Å². The molecule has 1 fully saturated rings. The van der Waals surface area contributed by atoms with E-state index in [9.17, 15) is 28.3 Å². The van der Waals surface area contributed by atoms with Gasteiger partial charge in [0.2, 0.25) is 5.43 Å². The van der Waals surface area contributed by atoms with Crippen molar-refractivity contribution in [3.8, 4) is 5.75 Å². The summed E-state index contributed by atoms with van der Waals surface area (Å²) in [5.74, 6) is -3.56. The second kappa shape index (κ2) is 10.9. The predicted molar refractivity (Wildman–Crippen MR) is 137 cm³/mol. The maximum Gasteiger partial charge on any atom is 0.277 e. The van der Waals surface area contributed by atoms with Crippen LogP contribution in [0.1, 0.15) is 57.1 Å². The molecule has 0 unspecified atom stereocenters. The first-order valence-corrected chi connectivity index (χ1v) is 12.8. The van der Waals surface area contributed by atoms with E-state index in [1.807, 2.05) is 25.1 Å². The van der Waals surface area contributed by atoms with E-state index >= 15 is 0 Å². The first-order valence-electron chi connectivity index (χ1n) is 12.8. The third-order valence-electron chi connectivity index (χ3n) is 6.97. The van der Waals surface area contributed by atoms with Crippen molar-refractivity contribution >= 4 is 11.7 Å². The molecule has 1 amide bonds. The molecule has 3 aromatic rings. The van der Waals surface area contributed by atoms with Crippen molar-refractivity contribution in [2.24, 2.45) is 0 Å². The van der Waals surface area contributed by atoms with Gasteiger partial charge < -0.3 is 14.7 Å². The Morgan fingerprint density at radius 1 is 1.21 bits per heavy atom. The van der Waals surface area contributed by atoms with Gasteiger partial charge in [-0.15, -0.1) is 0 Å². The minimum Gasteiger partial charge on any atom is -0.502 e. The fraction of sp³-hybridized carbons (Fsp3) is 0.357. The summed E-state index contributed by atoms with van der Waals surface area (Å²) in [6.07, 6.45) is 2.45. The zero-order valence-corrected chi connectivity index (χ0v) is 21.4. The lowest BCUT2D eigenvalue weighted by atomic mass is 10.0. The molecule has 39 heavy (non-hydrogen) atoms. The molecule has 2 aromatic heterocycles. The fourth-order valence-corrected chi connectivity index (χ4v) is 4.97. The van der Waals surface area contributed by atoms with E-state index in [1.54, 1.807) is 5.01 Å². The zero-order chi connectivity index (χ0) is 27.7. The van der Waals surface area contributed by atoms with Crippen LogP contribution in [0.5, 0.6) is 5.75 Å². The van der Waals surface area contributed by atoms with E-state index in [-0.39, 0.29) is 55.5 Å². The van der Waals surface area contributed by atoms with E-state index in [0.29, 0.717) is 12.3 Å². The highest BCUT2D eigenvalue weighted by Gasteiger charge is 2.36. The number of aryl methyl sites for hydroxylation is 2. The first kappa shape index (κ1) is 26.5. The Labute approximate surface area is 223 Å². The van der Waals surface area contributed by atoms with Gasteiger partial charge in [0.25, 0.3) is 5.91 Å². The van der Waals surface area contributed by atoms with Crippen LogP contribution < -0.4 is 10.4 Å². The molecule has 0 radical (unpaired) electrons. The maximum atomic E-state index is 14.1. The summed E-state index contributed by atoms with van der Waals surface area (Å²) in [7, 11) is 0. The Bertz CT molecular complexity index is 1490. The molecule has 1 atom stereocenters.